The summed E-state index contributed by atoms with van der Waals surface area (Å²) >= 11 is 3.13. The van der Waals surface area contributed by atoms with Crippen molar-refractivity contribution in [1.29, 1.82) is 0 Å². The van der Waals surface area contributed by atoms with Gasteiger partial charge in [-0.15, -0.1) is 0 Å². The number of nitro benzene ring substituents is 2. The number of allylic oxidation sites excluding steroid dienone is 1. The third-order valence-electron chi connectivity index (χ3n) is 7.28. The molecule has 0 saturated heterocycles. The number of ether oxygens (including phenoxy) is 4. The topological polar surface area (TPSA) is 175 Å². The Kier molecular flexibility index (Phi) is 11.0. The number of esters is 1. The van der Waals surface area contributed by atoms with Crippen molar-refractivity contribution in [1.82, 2.24) is 4.57 Å². The molecule has 1 aliphatic heterocycles. The maximum atomic E-state index is 14.2. The summed E-state index contributed by atoms with van der Waals surface area (Å²) in [5, 5.41) is 22.9. The first-order valence-corrected chi connectivity index (χ1v) is 17.3. The molecule has 0 bridgehead atoms. The van der Waals surface area contributed by atoms with Crippen molar-refractivity contribution in [3.63, 3.8) is 0 Å². The number of hydrogen-bond acceptors (Lipinski definition) is 12. The van der Waals surface area contributed by atoms with Crippen LogP contribution in [0.3, 0.4) is 0 Å². The van der Waals surface area contributed by atoms with E-state index in [4.69, 9.17) is 18.9 Å². The van der Waals surface area contributed by atoms with Crippen LogP contribution < -0.4 is 29.1 Å². The predicted molar refractivity (Wildman–Crippen MR) is 193 cm³/mol. The Morgan fingerprint density at radius 1 is 1.04 bits per heavy atom. The number of nitro groups is 2. The molecule has 0 amide bonds. The number of rotatable bonds is 12. The summed E-state index contributed by atoms with van der Waals surface area (Å²) in [6, 6.07) is 12.8. The summed E-state index contributed by atoms with van der Waals surface area (Å²) in [6.45, 7) is 9.28. The number of non-ortho nitro benzene ring substituents is 1. The normalized spacial score (nSPS) is 14.2. The molecule has 0 N–H and O–H groups in total. The zero-order chi connectivity index (χ0) is 36.3. The largest absolute Gasteiger partial charge is 0.491 e. The lowest BCUT2D eigenvalue weighted by atomic mass is 9.95. The SMILES string of the molecule is CCOC(=O)C1=C(C)N=c2s/c(=C\c3cc(I)c(Oc4ccc([N+](=O)[O-])cc4[N+](=O)[O-])c(OCC)c3)c(=O)n2[C@H]1c1ccccc1OC(C)C. The molecule has 0 aliphatic carbocycles. The number of carbonyl (C=O) groups is 1. The van der Waals surface area contributed by atoms with E-state index in [1.807, 2.05) is 54.6 Å². The second-order valence-corrected chi connectivity index (χ2v) is 13.2. The fourth-order valence-corrected chi connectivity index (χ4v) is 7.08. The van der Waals surface area contributed by atoms with Crippen LogP contribution in [-0.4, -0.2) is 39.7 Å². The molecule has 2 heterocycles. The van der Waals surface area contributed by atoms with Gasteiger partial charge in [-0.2, -0.15) is 0 Å². The van der Waals surface area contributed by atoms with Crippen molar-refractivity contribution in [3.8, 4) is 23.0 Å². The summed E-state index contributed by atoms with van der Waals surface area (Å²) in [4.78, 5) is 54.1. The highest BCUT2D eigenvalue weighted by atomic mass is 127. The third kappa shape index (κ3) is 7.40. The van der Waals surface area contributed by atoms with Crippen LogP contribution in [0, 0.1) is 23.8 Å². The minimum absolute atomic E-state index is 0.134. The molecule has 0 saturated carbocycles. The summed E-state index contributed by atoms with van der Waals surface area (Å²) < 4.78 is 25.6. The Labute approximate surface area is 302 Å². The molecule has 0 unspecified atom stereocenters. The van der Waals surface area contributed by atoms with Gasteiger partial charge in [0.15, 0.2) is 16.3 Å². The highest BCUT2D eigenvalue weighted by Crippen LogP contribution is 2.42. The number of para-hydroxylation sites is 1. The molecule has 5 rings (SSSR count). The number of fused-ring (bicyclic) bond motifs is 1. The molecule has 3 aromatic carbocycles. The second-order valence-electron chi connectivity index (χ2n) is 11.0. The fourth-order valence-electron chi connectivity index (χ4n) is 5.30. The van der Waals surface area contributed by atoms with Gasteiger partial charge >= 0.3 is 11.7 Å². The van der Waals surface area contributed by atoms with E-state index in [9.17, 15) is 29.8 Å². The van der Waals surface area contributed by atoms with Gasteiger partial charge in [-0.25, -0.2) is 9.79 Å². The van der Waals surface area contributed by atoms with Gasteiger partial charge in [-0.3, -0.25) is 29.6 Å². The summed E-state index contributed by atoms with van der Waals surface area (Å²) in [6.07, 6.45) is 1.48. The smallest absolute Gasteiger partial charge is 0.338 e. The lowest BCUT2D eigenvalue weighted by Crippen LogP contribution is -2.40. The van der Waals surface area contributed by atoms with E-state index in [1.54, 1.807) is 45.0 Å². The van der Waals surface area contributed by atoms with Gasteiger partial charge in [-0.1, -0.05) is 29.5 Å². The van der Waals surface area contributed by atoms with Crippen LogP contribution in [0.25, 0.3) is 6.08 Å². The minimum Gasteiger partial charge on any atom is -0.491 e. The molecular weight excluding hydrogens is 783 g/mol. The van der Waals surface area contributed by atoms with Crippen molar-refractivity contribution in [2.45, 2.75) is 46.8 Å². The average Bonchev–Trinajstić information content (AvgIpc) is 3.35. The van der Waals surface area contributed by atoms with Crippen molar-refractivity contribution in [2.24, 2.45) is 4.99 Å². The number of benzene rings is 3. The van der Waals surface area contributed by atoms with Gasteiger partial charge in [0.05, 0.1) is 54.6 Å². The first-order valence-electron chi connectivity index (χ1n) is 15.4. The van der Waals surface area contributed by atoms with Crippen LogP contribution in [0.15, 0.2) is 75.7 Å². The van der Waals surface area contributed by atoms with Gasteiger partial charge in [0.1, 0.15) is 11.8 Å². The zero-order valence-corrected chi connectivity index (χ0v) is 30.5. The van der Waals surface area contributed by atoms with Crippen LogP contribution in [0.5, 0.6) is 23.0 Å². The van der Waals surface area contributed by atoms with Crippen LogP contribution >= 0.6 is 33.9 Å². The van der Waals surface area contributed by atoms with Gasteiger partial charge in [0.2, 0.25) is 5.75 Å². The highest BCUT2D eigenvalue weighted by Gasteiger charge is 2.35. The molecule has 4 aromatic rings. The summed E-state index contributed by atoms with van der Waals surface area (Å²) in [7, 11) is 0. The van der Waals surface area contributed by atoms with E-state index < -0.39 is 38.8 Å². The van der Waals surface area contributed by atoms with Crippen LogP contribution in [0.4, 0.5) is 11.4 Å². The quantitative estimate of drug-likeness (QED) is 0.0694. The van der Waals surface area contributed by atoms with E-state index in [2.05, 4.69) is 4.99 Å². The Morgan fingerprint density at radius 2 is 1.78 bits per heavy atom. The Hall–Kier alpha value is -5.10. The maximum Gasteiger partial charge on any atom is 0.338 e. The van der Waals surface area contributed by atoms with E-state index >= 15 is 0 Å². The molecule has 16 heteroatoms. The number of hydrogen-bond donors (Lipinski definition) is 0. The molecule has 0 radical (unpaired) electrons. The number of carbonyl (C=O) groups excluding carboxylic acids is 1. The molecule has 50 heavy (non-hydrogen) atoms. The van der Waals surface area contributed by atoms with E-state index in [1.165, 1.54) is 4.57 Å². The summed E-state index contributed by atoms with van der Waals surface area (Å²) in [5.74, 6) is 0.0872. The third-order valence-corrected chi connectivity index (χ3v) is 9.07. The number of halogens is 1. The van der Waals surface area contributed by atoms with Crippen molar-refractivity contribution < 1.29 is 33.6 Å². The minimum atomic E-state index is -0.880. The fraction of sp³-hybridized carbons (Fsp3) is 0.265. The molecular formula is C34H31IN4O10S. The molecule has 260 valence electrons. The predicted octanol–water partition coefficient (Wildman–Crippen LogP) is 6.20. The number of nitrogens with zero attached hydrogens (tertiary/aromatic N) is 4. The number of aromatic nitrogens is 1. The van der Waals surface area contributed by atoms with Gasteiger partial charge in [0, 0.05) is 11.6 Å². The Morgan fingerprint density at radius 3 is 2.44 bits per heavy atom. The van der Waals surface area contributed by atoms with Gasteiger partial charge in [-0.05, 0) is 93.1 Å². The molecule has 1 aliphatic rings. The van der Waals surface area contributed by atoms with Crippen molar-refractivity contribution in [2.75, 3.05) is 13.2 Å². The average molecular weight is 815 g/mol. The maximum absolute atomic E-state index is 14.2. The Balaban J connectivity index is 1.65. The summed E-state index contributed by atoms with van der Waals surface area (Å²) in [5.41, 5.74) is 0.341. The van der Waals surface area contributed by atoms with Crippen molar-refractivity contribution >= 4 is 57.3 Å². The van der Waals surface area contributed by atoms with Crippen LogP contribution in [0.1, 0.15) is 51.8 Å². The molecule has 1 aromatic heterocycles. The van der Waals surface area contributed by atoms with E-state index in [0.29, 0.717) is 35.5 Å². The monoisotopic (exact) mass is 814 g/mol. The first kappa shape index (κ1) is 36.2. The standard InChI is InChI=1S/C34H31IN4O10S/c1-6-46-27-15-20(14-23(35)31(27)49-26-13-12-21(38(42)43)17-24(26)39(44)45)16-28-32(40)37-30(22-10-8-9-11-25(22)48-18(3)4)29(33(41)47-7-2)19(5)36-34(37)50-28/h8-18,30H,6-7H2,1-5H3/b28-16-/t30-/m0/s1. The Bertz CT molecular complexity index is 2230. The van der Waals surface area contributed by atoms with Gasteiger partial charge < -0.3 is 18.9 Å². The first-order chi connectivity index (χ1) is 23.8. The van der Waals surface area contributed by atoms with Crippen LogP contribution in [0.2, 0.25) is 0 Å². The molecule has 1 atom stereocenters. The van der Waals surface area contributed by atoms with E-state index in [0.717, 1.165) is 29.5 Å². The zero-order valence-electron chi connectivity index (χ0n) is 27.5. The highest BCUT2D eigenvalue weighted by molar-refractivity contribution is 14.1. The number of thiazole rings is 1. The molecule has 14 nitrogen and oxygen atoms in total. The second kappa shape index (κ2) is 15.2. The lowest BCUT2D eigenvalue weighted by Gasteiger charge is -2.26. The van der Waals surface area contributed by atoms with E-state index in [-0.39, 0.29) is 42.1 Å². The van der Waals surface area contributed by atoms with Crippen LogP contribution in [-0.2, 0) is 9.53 Å². The van der Waals surface area contributed by atoms with Gasteiger partial charge in [0.25, 0.3) is 11.2 Å². The molecule has 0 spiro atoms. The molecule has 0 fully saturated rings. The van der Waals surface area contributed by atoms with Crippen molar-refractivity contribution in [3.05, 3.63) is 120 Å². The lowest BCUT2D eigenvalue weighted by molar-refractivity contribution is -0.394.